The predicted molar refractivity (Wildman–Crippen MR) is 35.6 cm³/mol. The SMILES string of the molecule is CCC(=O)C=O.O=P(O)(O)O. The lowest BCUT2D eigenvalue weighted by Crippen LogP contribution is -1.92. The van der Waals surface area contributed by atoms with Crippen LogP contribution in [-0.4, -0.2) is 26.7 Å². The highest BCUT2D eigenvalue weighted by Crippen LogP contribution is 2.25. The van der Waals surface area contributed by atoms with Crippen LogP contribution in [0.4, 0.5) is 0 Å². The average Bonchev–Trinajstić information content (AvgIpc) is 1.83. The normalized spacial score (nSPS) is 9.45. The van der Waals surface area contributed by atoms with Crippen LogP contribution in [0.15, 0.2) is 0 Å². The molecule has 0 bridgehead atoms. The van der Waals surface area contributed by atoms with Gasteiger partial charge >= 0.3 is 7.82 Å². The number of ketones is 1. The molecule has 0 aromatic heterocycles. The second-order valence-electron chi connectivity index (χ2n) is 1.45. The lowest BCUT2D eigenvalue weighted by atomic mass is 10.3. The molecule has 0 saturated carbocycles. The first-order valence-corrected chi connectivity index (χ1v) is 4.14. The Hall–Kier alpha value is -0.550. The summed E-state index contributed by atoms with van der Waals surface area (Å²) in [7, 11) is -4.64. The molecule has 0 aliphatic heterocycles. The van der Waals surface area contributed by atoms with Crippen LogP contribution in [0, 0.1) is 0 Å². The molecular formula is C4H9O6P. The largest absolute Gasteiger partial charge is 0.466 e. The number of aldehydes is 1. The highest BCUT2D eigenvalue weighted by Gasteiger charge is 2.00. The number of rotatable bonds is 2. The van der Waals surface area contributed by atoms with Crippen molar-refractivity contribution in [3.8, 4) is 0 Å². The van der Waals surface area contributed by atoms with E-state index in [0.717, 1.165) is 0 Å². The monoisotopic (exact) mass is 184 g/mol. The van der Waals surface area contributed by atoms with Gasteiger partial charge in [0.15, 0.2) is 12.1 Å². The molecule has 0 unspecified atom stereocenters. The van der Waals surface area contributed by atoms with Crippen LogP contribution >= 0.6 is 7.82 Å². The van der Waals surface area contributed by atoms with Crippen molar-refractivity contribution in [3.05, 3.63) is 0 Å². The topological polar surface area (TPSA) is 112 Å². The maximum absolute atomic E-state index is 9.81. The maximum Gasteiger partial charge on any atom is 0.466 e. The Labute approximate surface area is 63.1 Å². The Bertz CT molecular complexity index is 161. The van der Waals surface area contributed by atoms with Gasteiger partial charge in [-0.1, -0.05) is 6.92 Å². The Balaban J connectivity index is 0. The van der Waals surface area contributed by atoms with Gasteiger partial charge in [-0.25, -0.2) is 4.57 Å². The molecule has 7 heteroatoms. The van der Waals surface area contributed by atoms with Gasteiger partial charge in [0.2, 0.25) is 0 Å². The molecule has 0 saturated heterocycles. The summed E-state index contributed by atoms with van der Waals surface area (Å²) in [6, 6.07) is 0. The van der Waals surface area contributed by atoms with Gasteiger partial charge in [0.1, 0.15) is 0 Å². The third-order valence-electron chi connectivity index (χ3n) is 0.480. The Morgan fingerprint density at radius 3 is 1.73 bits per heavy atom. The van der Waals surface area contributed by atoms with Gasteiger partial charge in [0, 0.05) is 6.42 Å². The zero-order chi connectivity index (χ0) is 9.49. The lowest BCUT2D eigenvalue weighted by Gasteiger charge is -1.82. The fraction of sp³-hybridized carbons (Fsp3) is 0.500. The van der Waals surface area contributed by atoms with Gasteiger partial charge < -0.3 is 14.7 Å². The first kappa shape index (κ1) is 13.1. The van der Waals surface area contributed by atoms with Crippen LogP contribution in [0.25, 0.3) is 0 Å². The smallest absolute Gasteiger partial charge is 0.303 e. The molecule has 0 spiro atoms. The summed E-state index contributed by atoms with van der Waals surface area (Å²) < 4.78 is 8.88. The Morgan fingerprint density at radius 1 is 1.45 bits per heavy atom. The minimum absolute atomic E-state index is 0.323. The van der Waals surface area contributed by atoms with Crippen molar-refractivity contribution in [1.82, 2.24) is 0 Å². The van der Waals surface area contributed by atoms with Crippen molar-refractivity contribution < 1.29 is 28.8 Å². The number of Topliss-reactive ketones (excluding diaryl/α,β-unsaturated/α-hetero) is 1. The summed E-state index contributed by atoms with van der Waals surface area (Å²) in [6.07, 6.45) is 0.656. The highest BCUT2D eigenvalue weighted by molar-refractivity contribution is 7.45. The van der Waals surface area contributed by atoms with E-state index in [2.05, 4.69) is 0 Å². The van der Waals surface area contributed by atoms with Crippen LogP contribution in [0.5, 0.6) is 0 Å². The molecule has 0 atom stereocenters. The average molecular weight is 184 g/mol. The zero-order valence-corrected chi connectivity index (χ0v) is 6.69. The van der Waals surface area contributed by atoms with Crippen molar-refractivity contribution in [1.29, 1.82) is 0 Å². The van der Waals surface area contributed by atoms with E-state index in [4.69, 9.17) is 19.2 Å². The summed E-state index contributed by atoms with van der Waals surface area (Å²) in [6.45, 7) is 1.65. The molecule has 0 rings (SSSR count). The lowest BCUT2D eigenvalue weighted by molar-refractivity contribution is -0.129. The molecule has 0 aliphatic rings. The van der Waals surface area contributed by atoms with Crippen LogP contribution in [0.3, 0.4) is 0 Å². The van der Waals surface area contributed by atoms with E-state index in [1.54, 1.807) is 6.92 Å². The summed E-state index contributed by atoms with van der Waals surface area (Å²) in [5.41, 5.74) is 0. The van der Waals surface area contributed by atoms with Gasteiger partial charge in [0.25, 0.3) is 0 Å². The number of phosphoric acid groups is 1. The minimum Gasteiger partial charge on any atom is -0.303 e. The minimum atomic E-state index is -4.64. The van der Waals surface area contributed by atoms with E-state index in [1.807, 2.05) is 0 Å². The first-order chi connectivity index (χ1) is 4.81. The number of carbonyl (C=O) groups is 2. The molecular weight excluding hydrogens is 175 g/mol. The van der Waals surface area contributed by atoms with Crippen LogP contribution in [-0.2, 0) is 14.2 Å². The standard InChI is InChI=1S/C4H6O2.H3O4P/c1-2-4(6)3-5;1-5(2,3)4/h3H,2H2,1H3;(H3,1,2,3,4). The molecule has 0 heterocycles. The molecule has 6 nitrogen and oxygen atoms in total. The molecule has 11 heavy (non-hydrogen) atoms. The molecule has 66 valence electrons. The molecule has 0 aliphatic carbocycles. The van der Waals surface area contributed by atoms with Gasteiger partial charge in [-0.2, -0.15) is 0 Å². The van der Waals surface area contributed by atoms with E-state index in [1.165, 1.54) is 0 Å². The Morgan fingerprint density at radius 2 is 1.73 bits per heavy atom. The molecule has 3 N–H and O–H groups in total. The number of carbonyl (C=O) groups excluding carboxylic acids is 2. The molecule has 0 aromatic rings. The predicted octanol–water partition coefficient (Wildman–Crippen LogP) is -0.764. The van der Waals surface area contributed by atoms with Crippen molar-refractivity contribution in [2.75, 3.05) is 0 Å². The number of hydrogen-bond donors (Lipinski definition) is 3. The van der Waals surface area contributed by atoms with Gasteiger partial charge in [0.05, 0.1) is 0 Å². The second kappa shape index (κ2) is 6.18. The van der Waals surface area contributed by atoms with Crippen molar-refractivity contribution in [2.24, 2.45) is 0 Å². The van der Waals surface area contributed by atoms with E-state index >= 15 is 0 Å². The van der Waals surface area contributed by atoms with E-state index in [0.29, 0.717) is 12.7 Å². The summed E-state index contributed by atoms with van der Waals surface area (Å²) >= 11 is 0. The summed E-state index contributed by atoms with van der Waals surface area (Å²) in [5.74, 6) is -0.338. The van der Waals surface area contributed by atoms with Crippen molar-refractivity contribution >= 4 is 19.9 Å². The summed E-state index contributed by atoms with van der Waals surface area (Å²) in [4.78, 5) is 40.8. The van der Waals surface area contributed by atoms with E-state index < -0.39 is 7.82 Å². The second-order valence-corrected chi connectivity index (χ2v) is 2.48. The van der Waals surface area contributed by atoms with Crippen LogP contribution in [0.1, 0.15) is 13.3 Å². The highest BCUT2D eigenvalue weighted by atomic mass is 31.2. The van der Waals surface area contributed by atoms with E-state index in [-0.39, 0.29) is 5.78 Å². The van der Waals surface area contributed by atoms with Crippen molar-refractivity contribution in [3.63, 3.8) is 0 Å². The quantitative estimate of drug-likeness (QED) is 0.295. The zero-order valence-electron chi connectivity index (χ0n) is 5.80. The maximum atomic E-state index is 9.81. The molecule has 0 fully saturated rings. The number of hydrogen-bond acceptors (Lipinski definition) is 3. The van der Waals surface area contributed by atoms with Gasteiger partial charge in [-0.3, -0.25) is 9.59 Å². The molecule has 0 radical (unpaired) electrons. The van der Waals surface area contributed by atoms with Crippen molar-refractivity contribution in [2.45, 2.75) is 13.3 Å². The van der Waals surface area contributed by atoms with Crippen LogP contribution in [0.2, 0.25) is 0 Å². The molecule has 0 aromatic carbocycles. The van der Waals surface area contributed by atoms with E-state index in [9.17, 15) is 9.59 Å². The Kier molecular flexibility index (Phi) is 7.34. The fourth-order valence-corrected chi connectivity index (χ4v) is 0.0833. The van der Waals surface area contributed by atoms with Gasteiger partial charge in [-0.05, 0) is 0 Å². The first-order valence-electron chi connectivity index (χ1n) is 2.57. The van der Waals surface area contributed by atoms with Crippen LogP contribution < -0.4 is 0 Å². The van der Waals surface area contributed by atoms with Gasteiger partial charge in [-0.15, -0.1) is 0 Å². The summed E-state index contributed by atoms with van der Waals surface area (Å²) in [5, 5.41) is 0. The fourth-order valence-electron chi connectivity index (χ4n) is 0.0833. The third kappa shape index (κ3) is 44.1. The molecule has 0 amide bonds. The third-order valence-corrected chi connectivity index (χ3v) is 0.480.